The van der Waals surface area contributed by atoms with E-state index in [0.29, 0.717) is 6.42 Å². The van der Waals surface area contributed by atoms with Gasteiger partial charge in [0.05, 0.1) is 0 Å². The normalized spacial score (nSPS) is 17.7. The fourth-order valence-electron chi connectivity index (χ4n) is 1.63. The first-order chi connectivity index (χ1) is 7.49. The molecule has 0 heterocycles. The van der Waals surface area contributed by atoms with Crippen LogP contribution in [0.25, 0.3) is 0 Å². The minimum absolute atomic E-state index is 0.230. The van der Waals surface area contributed by atoms with E-state index in [-0.39, 0.29) is 18.0 Å². The van der Waals surface area contributed by atoms with Gasteiger partial charge in [-0.1, -0.05) is 13.8 Å². The number of hydrogen-bond donors (Lipinski definition) is 3. The van der Waals surface area contributed by atoms with Crippen LogP contribution in [0.4, 0.5) is 4.79 Å². The Bertz CT molecular complexity index is 262. The number of amides is 2. The van der Waals surface area contributed by atoms with Crippen molar-refractivity contribution < 1.29 is 14.7 Å². The summed E-state index contributed by atoms with van der Waals surface area (Å²) in [6.45, 7) is 3.86. The van der Waals surface area contributed by atoms with Crippen LogP contribution in [0.15, 0.2) is 0 Å². The predicted molar refractivity (Wildman–Crippen MR) is 60.2 cm³/mol. The van der Waals surface area contributed by atoms with Crippen molar-refractivity contribution >= 4 is 12.0 Å². The lowest BCUT2D eigenvalue weighted by atomic mass is 9.93. The Morgan fingerprint density at radius 3 is 2.38 bits per heavy atom. The first-order valence-corrected chi connectivity index (χ1v) is 5.79. The van der Waals surface area contributed by atoms with Crippen LogP contribution in [0.2, 0.25) is 0 Å². The summed E-state index contributed by atoms with van der Waals surface area (Å²) in [4.78, 5) is 22.4. The van der Waals surface area contributed by atoms with Gasteiger partial charge in [0.1, 0.15) is 6.04 Å². The Morgan fingerprint density at radius 2 is 2.00 bits per heavy atom. The van der Waals surface area contributed by atoms with Crippen molar-refractivity contribution in [2.75, 3.05) is 0 Å². The zero-order valence-corrected chi connectivity index (χ0v) is 9.82. The average molecular weight is 228 g/mol. The second-order valence-corrected chi connectivity index (χ2v) is 4.77. The number of carboxylic acid groups (broad SMARTS) is 1. The highest BCUT2D eigenvalue weighted by molar-refractivity contribution is 5.82. The largest absolute Gasteiger partial charge is 0.480 e. The summed E-state index contributed by atoms with van der Waals surface area (Å²) in [5, 5.41) is 14.2. The Hall–Kier alpha value is -1.26. The van der Waals surface area contributed by atoms with Gasteiger partial charge in [0.2, 0.25) is 0 Å². The molecule has 0 aromatic rings. The number of carboxylic acids is 1. The smallest absolute Gasteiger partial charge is 0.326 e. The third-order valence-corrected chi connectivity index (χ3v) is 2.75. The molecule has 0 spiro atoms. The van der Waals surface area contributed by atoms with E-state index < -0.39 is 12.0 Å². The van der Waals surface area contributed by atoms with Gasteiger partial charge in [0.25, 0.3) is 0 Å². The van der Waals surface area contributed by atoms with Gasteiger partial charge in [-0.05, 0) is 31.6 Å². The van der Waals surface area contributed by atoms with Crippen LogP contribution in [0.3, 0.4) is 0 Å². The standard InChI is InChI=1S/C11H20N2O3/c1-7(2)6-9(10(14)15)13-11(16)12-8-4-3-5-8/h7-9H,3-6H2,1-2H3,(H,14,15)(H2,12,13,16)/t9-/m0/s1. The molecule has 0 aromatic carbocycles. The lowest BCUT2D eigenvalue weighted by molar-refractivity contribution is -0.139. The Balaban J connectivity index is 2.34. The summed E-state index contributed by atoms with van der Waals surface area (Å²) in [5.74, 6) is -0.734. The van der Waals surface area contributed by atoms with Crippen molar-refractivity contribution in [3.63, 3.8) is 0 Å². The van der Waals surface area contributed by atoms with Crippen LogP contribution in [0, 0.1) is 5.92 Å². The molecule has 16 heavy (non-hydrogen) atoms. The minimum atomic E-state index is -0.975. The fraction of sp³-hybridized carbons (Fsp3) is 0.818. The van der Waals surface area contributed by atoms with Gasteiger partial charge in [0.15, 0.2) is 0 Å². The van der Waals surface area contributed by atoms with Gasteiger partial charge in [-0.15, -0.1) is 0 Å². The van der Waals surface area contributed by atoms with Crippen molar-refractivity contribution in [1.29, 1.82) is 0 Å². The molecular formula is C11H20N2O3. The minimum Gasteiger partial charge on any atom is -0.480 e. The molecule has 1 fully saturated rings. The van der Waals surface area contributed by atoms with E-state index in [0.717, 1.165) is 19.3 Å². The topological polar surface area (TPSA) is 78.4 Å². The molecule has 2 amide bonds. The van der Waals surface area contributed by atoms with Crippen LogP contribution in [-0.4, -0.2) is 29.2 Å². The van der Waals surface area contributed by atoms with Crippen molar-refractivity contribution in [3.8, 4) is 0 Å². The molecule has 0 aliphatic heterocycles. The summed E-state index contributed by atoms with van der Waals surface area (Å²) in [5.41, 5.74) is 0. The maximum absolute atomic E-state index is 11.5. The molecule has 1 rings (SSSR count). The number of urea groups is 1. The number of rotatable bonds is 5. The van der Waals surface area contributed by atoms with E-state index in [9.17, 15) is 9.59 Å². The van der Waals surface area contributed by atoms with Gasteiger partial charge >= 0.3 is 12.0 Å². The number of hydrogen-bond acceptors (Lipinski definition) is 2. The zero-order valence-electron chi connectivity index (χ0n) is 9.82. The molecule has 0 aromatic heterocycles. The van der Waals surface area contributed by atoms with Crippen LogP contribution in [0.1, 0.15) is 39.5 Å². The Morgan fingerprint density at radius 1 is 1.38 bits per heavy atom. The molecule has 1 saturated carbocycles. The van der Waals surface area contributed by atoms with Gasteiger partial charge in [-0.3, -0.25) is 0 Å². The Kier molecular flexibility index (Phi) is 4.58. The molecule has 0 saturated heterocycles. The van der Waals surface area contributed by atoms with Gasteiger partial charge in [-0.2, -0.15) is 0 Å². The predicted octanol–water partition coefficient (Wildman–Crippen LogP) is 1.34. The van der Waals surface area contributed by atoms with Gasteiger partial charge in [0, 0.05) is 6.04 Å². The molecule has 92 valence electrons. The molecule has 1 atom stereocenters. The van der Waals surface area contributed by atoms with E-state index in [4.69, 9.17) is 5.11 Å². The quantitative estimate of drug-likeness (QED) is 0.664. The second kappa shape index (κ2) is 5.72. The van der Waals surface area contributed by atoms with E-state index in [1.807, 2.05) is 13.8 Å². The lowest BCUT2D eigenvalue weighted by Crippen LogP contribution is -2.50. The highest BCUT2D eigenvalue weighted by atomic mass is 16.4. The van der Waals surface area contributed by atoms with Crippen LogP contribution < -0.4 is 10.6 Å². The average Bonchev–Trinajstić information content (AvgIpc) is 2.09. The number of carbonyl (C=O) groups excluding carboxylic acids is 1. The molecule has 3 N–H and O–H groups in total. The highest BCUT2D eigenvalue weighted by Gasteiger charge is 2.24. The van der Waals surface area contributed by atoms with Gasteiger partial charge in [-0.25, -0.2) is 9.59 Å². The Labute approximate surface area is 95.6 Å². The number of nitrogens with one attached hydrogen (secondary N) is 2. The summed E-state index contributed by atoms with van der Waals surface area (Å²) in [6, 6.07) is -0.925. The first-order valence-electron chi connectivity index (χ1n) is 5.79. The van der Waals surface area contributed by atoms with Crippen LogP contribution in [0.5, 0.6) is 0 Å². The van der Waals surface area contributed by atoms with E-state index >= 15 is 0 Å². The van der Waals surface area contributed by atoms with E-state index in [1.54, 1.807) is 0 Å². The summed E-state index contributed by atoms with van der Waals surface area (Å²) >= 11 is 0. The molecule has 5 nitrogen and oxygen atoms in total. The molecule has 0 radical (unpaired) electrons. The number of carbonyl (C=O) groups is 2. The van der Waals surface area contributed by atoms with Crippen LogP contribution >= 0.6 is 0 Å². The highest BCUT2D eigenvalue weighted by Crippen LogP contribution is 2.17. The zero-order chi connectivity index (χ0) is 12.1. The van der Waals surface area contributed by atoms with Crippen molar-refractivity contribution in [3.05, 3.63) is 0 Å². The lowest BCUT2D eigenvalue weighted by Gasteiger charge is -2.27. The summed E-state index contributed by atoms with van der Waals surface area (Å²) < 4.78 is 0. The van der Waals surface area contributed by atoms with E-state index in [2.05, 4.69) is 10.6 Å². The summed E-state index contributed by atoms with van der Waals surface area (Å²) in [6.07, 6.45) is 3.58. The van der Waals surface area contributed by atoms with Crippen molar-refractivity contribution in [2.45, 2.75) is 51.6 Å². The fourth-order valence-corrected chi connectivity index (χ4v) is 1.63. The molecule has 5 heteroatoms. The molecule has 0 bridgehead atoms. The second-order valence-electron chi connectivity index (χ2n) is 4.77. The van der Waals surface area contributed by atoms with E-state index in [1.165, 1.54) is 0 Å². The third kappa shape index (κ3) is 4.08. The molecule has 0 unspecified atom stereocenters. The SMILES string of the molecule is CC(C)C[C@H](NC(=O)NC1CCC1)C(=O)O. The molecule has 1 aliphatic rings. The third-order valence-electron chi connectivity index (χ3n) is 2.75. The maximum atomic E-state index is 11.5. The maximum Gasteiger partial charge on any atom is 0.326 e. The van der Waals surface area contributed by atoms with Crippen LogP contribution in [-0.2, 0) is 4.79 Å². The van der Waals surface area contributed by atoms with Gasteiger partial charge < -0.3 is 15.7 Å². The van der Waals surface area contributed by atoms with Crippen molar-refractivity contribution in [2.24, 2.45) is 5.92 Å². The number of aliphatic carboxylic acids is 1. The molecular weight excluding hydrogens is 208 g/mol. The monoisotopic (exact) mass is 228 g/mol. The van der Waals surface area contributed by atoms with Crippen molar-refractivity contribution in [1.82, 2.24) is 10.6 Å². The molecule has 1 aliphatic carbocycles. The summed E-state index contributed by atoms with van der Waals surface area (Å²) in [7, 11) is 0. The first kappa shape index (κ1) is 12.8.